The van der Waals surface area contributed by atoms with Gasteiger partial charge in [0.05, 0.1) is 18.4 Å². The standard InChI is InChI=1S/C23H23F3N6O2/c1-31-12-16(10-30-31)14-2-4-15(5-3-14)17-11-28-20(27)18(23(24,25)26)19(17)32-8-6-22(7-9-32)13-29-21(33)34-22/h2-5,10-12H,6-9,13H2,1H3,(H2,27,28)(H,29,33). The van der Waals surface area contributed by atoms with E-state index in [0.29, 0.717) is 30.5 Å². The van der Waals surface area contributed by atoms with Crippen molar-refractivity contribution in [1.29, 1.82) is 0 Å². The lowest BCUT2D eigenvalue weighted by Gasteiger charge is -2.40. The molecule has 5 rings (SSSR count). The molecule has 8 nitrogen and oxygen atoms in total. The van der Waals surface area contributed by atoms with E-state index < -0.39 is 29.3 Å². The van der Waals surface area contributed by atoms with Crippen molar-refractivity contribution in [2.75, 3.05) is 30.3 Å². The first kappa shape index (κ1) is 22.1. The number of alkyl carbamates (subject to hydrolysis) is 1. The molecule has 1 amide bonds. The van der Waals surface area contributed by atoms with Crippen LogP contribution in [0.2, 0.25) is 0 Å². The van der Waals surface area contributed by atoms with Gasteiger partial charge < -0.3 is 20.7 Å². The number of aromatic nitrogens is 3. The van der Waals surface area contributed by atoms with E-state index in [0.717, 1.165) is 11.1 Å². The predicted octanol–water partition coefficient (Wildman–Crippen LogP) is 3.83. The number of carbonyl (C=O) groups excluding carboxylic acids is 1. The van der Waals surface area contributed by atoms with Crippen LogP contribution in [-0.4, -0.2) is 46.1 Å². The molecule has 0 saturated carbocycles. The monoisotopic (exact) mass is 472 g/mol. The van der Waals surface area contributed by atoms with E-state index in [2.05, 4.69) is 15.4 Å². The van der Waals surface area contributed by atoms with Crippen LogP contribution in [0.15, 0.2) is 42.9 Å². The Bertz CT molecular complexity index is 1230. The fourth-order valence-electron chi connectivity index (χ4n) is 4.67. The summed E-state index contributed by atoms with van der Waals surface area (Å²) in [6.45, 7) is 0.914. The van der Waals surface area contributed by atoms with Crippen molar-refractivity contribution < 1.29 is 22.7 Å². The number of nitrogens with one attached hydrogen (secondary N) is 1. The molecule has 0 bridgehead atoms. The maximum Gasteiger partial charge on any atom is 0.421 e. The van der Waals surface area contributed by atoms with Crippen molar-refractivity contribution >= 4 is 17.6 Å². The minimum atomic E-state index is -4.69. The van der Waals surface area contributed by atoms with E-state index in [1.54, 1.807) is 27.9 Å². The number of nitrogens with two attached hydrogens (primary N) is 1. The van der Waals surface area contributed by atoms with Gasteiger partial charge >= 0.3 is 12.3 Å². The fraction of sp³-hybridized carbons (Fsp3) is 0.348. The Kier molecular flexibility index (Phi) is 5.14. The van der Waals surface area contributed by atoms with Crippen molar-refractivity contribution in [2.24, 2.45) is 7.05 Å². The molecule has 2 saturated heterocycles. The minimum absolute atomic E-state index is 0.00117. The van der Waals surface area contributed by atoms with E-state index in [9.17, 15) is 18.0 Å². The highest BCUT2D eigenvalue weighted by Gasteiger charge is 2.45. The van der Waals surface area contributed by atoms with Gasteiger partial charge in [-0.15, -0.1) is 0 Å². The molecule has 3 aromatic rings. The van der Waals surface area contributed by atoms with E-state index in [1.807, 2.05) is 25.4 Å². The normalized spacial score (nSPS) is 17.6. The molecule has 11 heteroatoms. The molecule has 4 heterocycles. The summed E-state index contributed by atoms with van der Waals surface area (Å²) in [7, 11) is 1.81. The van der Waals surface area contributed by atoms with Crippen molar-refractivity contribution in [1.82, 2.24) is 20.1 Å². The zero-order valence-electron chi connectivity index (χ0n) is 18.4. The van der Waals surface area contributed by atoms with E-state index in [4.69, 9.17) is 10.5 Å². The van der Waals surface area contributed by atoms with Crippen LogP contribution in [-0.2, 0) is 18.0 Å². The number of ether oxygens (including phenoxy) is 1. The second kappa shape index (κ2) is 7.93. The number of piperidine rings is 1. The molecule has 1 spiro atoms. The number of hydrogen-bond acceptors (Lipinski definition) is 6. The number of amides is 1. The summed E-state index contributed by atoms with van der Waals surface area (Å²) < 4.78 is 49.6. The molecule has 2 fully saturated rings. The van der Waals surface area contributed by atoms with Crippen molar-refractivity contribution in [2.45, 2.75) is 24.6 Å². The fourth-order valence-corrected chi connectivity index (χ4v) is 4.67. The van der Waals surface area contributed by atoms with Crippen LogP contribution in [0.25, 0.3) is 22.3 Å². The lowest BCUT2D eigenvalue weighted by Crippen LogP contribution is -2.47. The van der Waals surface area contributed by atoms with Gasteiger partial charge in [-0.05, 0) is 11.1 Å². The quantitative estimate of drug-likeness (QED) is 0.601. The van der Waals surface area contributed by atoms with Crippen molar-refractivity contribution in [3.05, 3.63) is 48.4 Å². The summed E-state index contributed by atoms with van der Waals surface area (Å²) in [6.07, 6.45) is 0.610. The number of rotatable bonds is 3. The van der Waals surface area contributed by atoms with Crippen LogP contribution >= 0.6 is 0 Å². The first-order valence-corrected chi connectivity index (χ1v) is 10.8. The van der Waals surface area contributed by atoms with Gasteiger partial charge in [0.2, 0.25) is 0 Å². The number of anilines is 2. The molecule has 2 aliphatic heterocycles. The van der Waals surface area contributed by atoms with Gasteiger partial charge in [-0.3, -0.25) is 4.68 Å². The molecule has 0 atom stereocenters. The van der Waals surface area contributed by atoms with Crippen LogP contribution in [0, 0.1) is 0 Å². The number of alkyl halides is 3. The number of aryl methyl sites for hydroxylation is 1. The van der Waals surface area contributed by atoms with Crippen molar-refractivity contribution in [3.8, 4) is 22.3 Å². The van der Waals surface area contributed by atoms with Gasteiger partial charge in [0.1, 0.15) is 17.0 Å². The molecular weight excluding hydrogens is 449 g/mol. The Morgan fingerprint density at radius 1 is 1.09 bits per heavy atom. The van der Waals surface area contributed by atoms with Crippen LogP contribution in [0.4, 0.5) is 29.5 Å². The maximum atomic E-state index is 14.2. The molecule has 2 aromatic heterocycles. The molecule has 178 valence electrons. The molecule has 2 aliphatic rings. The number of hydrogen-bond donors (Lipinski definition) is 2. The summed E-state index contributed by atoms with van der Waals surface area (Å²) in [6, 6.07) is 7.23. The van der Waals surface area contributed by atoms with Gasteiger partial charge in [-0.25, -0.2) is 9.78 Å². The summed E-state index contributed by atoms with van der Waals surface area (Å²) in [5.74, 6) is -0.563. The lowest BCUT2D eigenvalue weighted by atomic mass is 9.90. The second-order valence-corrected chi connectivity index (χ2v) is 8.67. The first-order chi connectivity index (χ1) is 16.2. The van der Waals surface area contributed by atoms with Gasteiger partial charge in [-0.2, -0.15) is 18.3 Å². The average Bonchev–Trinajstić information content (AvgIpc) is 3.39. The summed E-state index contributed by atoms with van der Waals surface area (Å²) >= 11 is 0. The third kappa shape index (κ3) is 3.91. The molecule has 0 radical (unpaired) electrons. The van der Waals surface area contributed by atoms with Gasteiger partial charge in [-0.1, -0.05) is 24.3 Å². The highest BCUT2D eigenvalue weighted by Crippen LogP contribution is 2.46. The molecule has 34 heavy (non-hydrogen) atoms. The molecule has 0 aliphatic carbocycles. The van der Waals surface area contributed by atoms with Gasteiger partial charge in [0, 0.05) is 56.5 Å². The number of halogens is 3. The SMILES string of the molecule is Cn1cc(-c2ccc(-c3cnc(N)c(C(F)(F)F)c3N3CCC4(CC3)CNC(=O)O4)cc2)cn1. The topological polar surface area (TPSA) is 98.3 Å². The van der Waals surface area contributed by atoms with E-state index >= 15 is 0 Å². The third-order valence-electron chi connectivity index (χ3n) is 6.45. The average molecular weight is 472 g/mol. The Balaban J connectivity index is 1.54. The highest BCUT2D eigenvalue weighted by molar-refractivity contribution is 5.84. The summed E-state index contributed by atoms with van der Waals surface area (Å²) in [5, 5.41) is 6.80. The molecular formula is C23H23F3N6O2. The van der Waals surface area contributed by atoms with Crippen LogP contribution < -0.4 is 16.0 Å². The second-order valence-electron chi connectivity index (χ2n) is 8.67. The van der Waals surface area contributed by atoms with E-state index in [1.165, 1.54) is 6.20 Å². The number of benzene rings is 1. The zero-order valence-corrected chi connectivity index (χ0v) is 18.4. The van der Waals surface area contributed by atoms with Crippen LogP contribution in [0.1, 0.15) is 18.4 Å². The lowest BCUT2D eigenvalue weighted by molar-refractivity contribution is -0.136. The van der Waals surface area contributed by atoms with Crippen molar-refractivity contribution in [3.63, 3.8) is 0 Å². The first-order valence-electron chi connectivity index (χ1n) is 10.8. The molecule has 3 N–H and O–H groups in total. The largest absolute Gasteiger partial charge is 0.441 e. The van der Waals surface area contributed by atoms with Gasteiger partial charge in [0.15, 0.2) is 0 Å². The Morgan fingerprint density at radius 3 is 2.32 bits per heavy atom. The zero-order chi connectivity index (χ0) is 24.1. The third-order valence-corrected chi connectivity index (χ3v) is 6.45. The smallest absolute Gasteiger partial charge is 0.421 e. The Hall–Kier alpha value is -3.76. The van der Waals surface area contributed by atoms with E-state index in [-0.39, 0.29) is 18.8 Å². The summed E-state index contributed by atoms with van der Waals surface area (Å²) in [5.41, 5.74) is 6.86. The number of nitrogens with zero attached hydrogens (tertiary/aromatic N) is 4. The molecule has 0 unspecified atom stereocenters. The Morgan fingerprint density at radius 2 is 1.76 bits per heavy atom. The maximum absolute atomic E-state index is 14.2. The highest BCUT2D eigenvalue weighted by atomic mass is 19.4. The Labute approximate surface area is 193 Å². The minimum Gasteiger partial charge on any atom is -0.441 e. The number of pyridine rings is 1. The predicted molar refractivity (Wildman–Crippen MR) is 120 cm³/mol. The van der Waals surface area contributed by atoms with Gasteiger partial charge in [0.25, 0.3) is 0 Å². The summed E-state index contributed by atoms with van der Waals surface area (Å²) in [4.78, 5) is 17.1. The number of nitrogen functional groups attached to an aromatic ring is 1. The number of carbonyl (C=O) groups is 1. The molecule has 1 aromatic carbocycles. The van der Waals surface area contributed by atoms with Crippen LogP contribution in [0.5, 0.6) is 0 Å². The van der Waals surface area contributed by atoms with Crippen LogP contribution in [0.3, 0.4) is 0 Å².